The van der Waals surface area contributed by atoms with E-state index in [1.54, 1.807) is 55.0 Å². The summed E-state index contributed by atoms with van der Waals surface area (Å²) in [6, 6.07) is 17.9. The molecule has 0 radical (unpaired) electrons. The lowest BCUT2D eigenvalue weighted by Gasteiger charge is -2.06. The van der Waals surface area contributed by atoms with Crippen molar-refractivity contribution in [2.45, 2.75) is 10.1 Å². The molecule has 5 aromatic rings. The van der Waals surface area contributed by atoms with Gasteiger partial charge in [-0.1, -0.05) is 22.9 Å². The van der Waals surface area contributed by atoms with Crippen LogP contribution in [0.15, 0.2) is 83.6 Å². The zero-order chi connectivity index (χ0) is 22.1. The summed E-state index contributed by atoms with van der Waals surface area (Å²) < 4.78 is 32.7. The third-order valence-corrected chi connectivity index (χ3v) is 7.90. The van der Waals surface area contributed by atoms with Crippen molar-refractivity contribution in [3.05, 3.63) is 89.8 Å². The Morgan fingerprint density at radius 2 is 1.59 bits per heavy atom. The lowest BCUT2D eigenvalue weighted by Crippen LogP contribution is -2.05. The quantitative estimate of drug-likeness (QED) is 0.327. The van der Waals surface area contributed by atoms with E-state index < -0.39 is 9.84 Å². The van der Waals surface area contributed by atoms with E-state index in [1.807, 2.05) is 24.3 Å². The van der Waals surface area contributed by atoms with Gasteiger partial charge in [-0.25, -0.2) is 17.9 Å². The van der Waals surface area contributed by atoms with Crippen molar-refractivity contribution in [1.82, 2.24) is 19.6 Å². The van der Waals surface area contributed by atoms with Crippen molar-refractivity contribution in [2.75, 3.05) is 0 Å². The molecule has 10 heteroatoms. The maximum atomic E-state index is 12.7. The van der Waals surface area contributed by atoms with Gasteiger partial charge in [0.2, 0.25) is 19.1 Å². The van der Waals surface area contributed by atoms with Crippen LogP contribution in [0.4, 0.5) is 0 Å². The summed E-state index contributed by atoms with van der Waals surface area (Å²) in [4.78, 5) is 8.95. The molecule has 7 nitrogen and oxygen atoms in total. The molecule has 0 saturated carbocycles. The van der Waals surface area contributed by atoms with Gasteiger partial charge in [0.1, 0.15) is 11.5 Å². The number of hydrogen-bond acceptors (Lipinski definition) is 7. The molecule has 32 heavy (non-hydrogen) atoms. The van der Waals surface area contributed by atoms with E-state index in [1.165, 1.54) is 4.52 Å². The second kappa shape index (κ2) is 8.34. The highest BCUT2D eigenvalue weighted by Crippen LogP contribution is 2.29. The van der Waals surface area contributed by atoms with Gasteiger partial charge in [-0.15, -0.1) is 5.10 Å². The van der Waals surface area contributed by atoms with Crippen molar-refractivity contribution >= 4 is 37.7 Å². The molecule has 0 amide bonds. The molecule has 0 aliphatic heterocycles. The number of sulfone groups is 1. The molecular formula is C22H15ClN4O3S2. The summed E-state index contributed by atoms with van der Waals surface area (Å²) >= 11 is 6.94. The molecule has 3 heterocycles. The Bertz CT molecular complexity index is 1450. The van der Waals surface area contributed by atoms with Gasteiger partial charge in [-0.3, -0.25) is 4.98 Å². The molecule has 0 saturated heterocycles. The Morgan fingerprint density at radius 3 is 2.25 bits per heavy atom. The maximum absolute atomic E-state index is 12.7. The Labute approximate surface area is 192 Å². The Morgan fingerprint density at radius 1 is 0.938 bits per heavy atom. The molecular weight excluding hydrogens is 468 g/mol. The smallest absolute Gasteiger partial charge is 0.232 e. The highest BCUT2D eigenvalue weighted by atomic mass is 35.5. The predicted octanol–water partition coefficient (Wildman–Crippen LogP) is 5.27. The predicted molar refractivity (Wildman–Crippen MR) is 123 cm³/mol. The van der Waals surface area contributed by atoms with Gasteiger partial charge in [0, 0.05) is 23.0 Å². The summed E-state index contributed by atoms with van der Waals surface area (Å²) in [7, 11) is -3.57. The average Bonchev–Trinajstić information content (AvgIpc) is 3.37. The van der Waals surface area contributed by atoms with Crippen LogP contribution < -0.4 is 4.74 Å². The van der Waals surface area contributed by atoms with E-state index in [2.05, 4.69) is 15.1 Å². The molecule has 0 N–H and O–H groups in total. The van der Waals surface area contributed by atoms with Crippen LogP contribution >= 0.6 is 22.9 Å². The normalized spacial score (nSPS) is 11.7. The first-order chi connectivity index (χ1) is 15.5. The van der Waals surface area contributed by atoms with E-state index in [-0.39, 0.29) is 10.1 Å². The fraction of sp³-hybridized carbons (Fsp3) is 0.0455. The molecule has 0 fully saturated rings. The van der Waals surface area contributed by atoms with E-state index in [9.17, 15) is 8.42 Å². The summed E-state index contributed by atoms with van der Waals surface area (Å²) in [5.41, 5.74) is 2.22. The van der Waals surface area contributed by atoms with Crippen LogP contribution in [-0.4, -0.2) is 28.0 Å². The standard InChI is InChI=1S/C22H15ClN4O3S2/c23-17-3-7-19(8-4-17)30-18-5-1-16(2-6-18)20-13-27-21(25-20)31-22(26-27)32(28,29)14-15-9-11-24-12-10-15/h1-13H,14H2. The molecule has 5 rings (SSSR count). The number of nitrogens with zero attached hydrogens (tertiary/aromatic N) is 4. The molecule has 2 aromatic carbocycles. The monoisotopic (exact) mass is 482 g/mol. The largest absolute Gasteiger partial charge is 0.457 e. The lowest BCUT2D eigenvalue weighted by atomic mass is 10.2. The lowest BCUT2D eigenvalue weighted by molar-refractivity contribution is 0.483. The van der Waals surface area contributed by atoms with Crippen molar-refractivity contribution in [3.63, 3.8) is 0 Å². The fourth-order valence-electron chi connectivity index (χ4n) is 3.04. The van der Waals surface area contributed by atoms with E-state index in [4.69, 9.17) is 16.3 Å². The highest BCUT2D eigenvalue weighted by Gasteiger charge is 2.22. The van der Waals surface area contributed by atoms with Gasteiger partial charge in [0.25, 0.3) is 0 Å². The molecule has 0 bridgehead atoms. The number of fused-ring (bicyclic) bond motifs is 1. The third kappa shape index (κ3) is 4.36. The molecule has 0 aliphatic carbocycles. The highest BCUT2D eigenvalue weighted by molar-refractivity contribution is 7.92. The molecule has 3 aromatic heterocycles. The van der Waals surface area contributed by atoms with Gasteiger partial charge in [-0.2, -0.15) is 0 Å². The zero-order valence-electron chi connectivity index (χ0n) is 16.4. The van der Waals surface area contributed by atoms with Crippen LogP contribution in [0.25, 0.3) is 16.2 Å². The summed E-state index contributed by atoms with van der Waals surface area (Å²) in [6.45, 7) is 0. The van der Waals surface area contributed by atoms with Gasteiger partial charge in [-0.05, 0) is 66.2 Å². The third-order valence-electron chi connectivity index (χ3n) is 4.60. The van der Waals surface area contributed by atoms with Crippen molar-refractivity contribution in [2.24, 2.45) is 0 Å². The van der Waals surface area contributed by atoms with Crippen LogP contribution in [0.2, 0.25) is 5.02 Å². The molecule has 0 aliphatic rings. The molecule has 160 valence electrons. The second-order valence-electron chi connectivity index (χ2n) is 6.92. The summed E-state index contributed by atoms with van der Waals surface area (Å²) in [5.74, 6) is 1.24. The van der Waals surface area contributed by atoms with Gasteiger partial charge in [0.15, 0.2) is 0 Å². The number of halogens is 1. The van der Waals surface area contributed by atoms with E-state index in [0.29, 0.717) is 32.7 Å². The van der Waals surface area contributed by atoms with Crippen LogP contribution in [0.5, 0.6) is 11.5 Å². The topological polar surface area (TPSA) is 86.5 Å². The Kier molecular flexibility index (Phi) is 5.38. The minimum atomic E-state index is -3.57. The number of pyridine rings is 1. The molecule has 0 spiro atoms. The summed E-state index contributed by atoms with van der Waals surface area (Å²) in [6.07, 6.45) is 4.85. The van der Waals surface area contributed by atoms with Gasteiger partial charge < -0.3 is 4.74 Å². The Hall–Kier alpha value is -3.27. The van der Waals surface area contributed by atoms with Crippen molar-refractivity contribution in [1.29, 1.82) is 0 Å². The minimum absolute atomic E-state index is 0.0371. The SMILES string of the molecule is O=S(=O)(Cc1ccncc1)c1nn2cc(-c3ccc(Oc4ccc(Cl)cc4)cc3)nc2s1. The van der Waals surface area contributed by atoms with E-state index in [0.717, 1.165) is 16.9 Å². The number of hydrogen-bond donors (Lipinski definition) is 0. The Balaban J connectivity index is 1.34. The fourth-order valence-corrected chi connectivity index (χ4v) is 5.66. The number of rotatable bonds is 6. The van der Waals surface area contributed by atoms with Crippen molar-refractivity contribution in [3.8, 4) is 22.8 Å². The van der Waals surface area contributed by atoms with Gasteiger partial charge in [0.05, 0.1) is 17.6 Å². The number of ether oxygens (including phenoxy) is 1. The number of imidazole rings is 1. The first kappa shape index (κ1) is 20.6. The first-order valence-electron chi connectivity index (χ1n) is 9.48. The molecule has 0 unspecified atom stereocenters. The van der Waals surface area contributed by atoms with Crippen molar-refractivity contribution < 1.29 is 13.2 Å². The maximum Gasteiger partial charge on any atom is 0.232 e. The van der Waals surface area contributed by atoms with E-state index >= 15 is 0 Å². The first-order valence-corrected chi connectivity index (χ1v) is 12.3. The van der Waals surface area contributed by atoms with Crippen LogP contribution in [0.3, 0.4) is 0 Å². The molecule has 0 atom stereocenters. The average molecular weight is 483 g/mol. The van der Waals surface area contributed by atoms with Gasteiger partial charge >= 0.3 is 0 Å². The van der Waals surface area contributed by atoms with Crippen LogP contribution in [-0.2, 0) is 15.6 Å². The number of aromatic nitrogens is 4. The summed E-state index contributed by atoms with van der Waals surface area (Å²) in [5, 5.41) is 4.89. The number of benzene rings is 2. The minimum Gasteiger partial charge on any atom is -0.457 e. The zero-order valence-corrected chi connectivity index (χ0v) is 18.8. The van der Waals surface area contributed by atoms with Crippen LogP contribution in [0, 0.1) is 0 Å². The van der Waals surface area contributed by atoms with Crippen LogP contribution in [0.1, 0.15) is 5.56 Å². The second-order valence-corrected chi connectivity index (χ2v) is 10.5.